The fraction of sp³-hybridized carbons (Fsp3) is 0.360. The summed E-state index contributed by atoms with van der Waals surface area (Å²) in [5.74, 6) is -2.33. The number of benzene rings is 2. The Balaban J connectivity index is 1.33. The summed E-state index contributed by atoms with van der Waals surface area (Å²) in [6.07, 6.45) is 4.60. The number of rotatable bonds is 5. The average molecular weight is 420 g/mol. The minimum Gasteiger partial charge on any atom is -0.481 e. The van der Waals surface area contributed by atoms with Gasteiger partial charge in [-0.25, -0.2) is 0 Å². The number of piperazine rings is 1. The number of anilines is 3. The van der Waals surface area contributed by atoms with Crippen molar-refractivity contribution in [1.29, 1.82) is 0 Å². The van der Waals surface area contributed by atoms with Gasteiger partial charge in [0.2, 0.25) is 5.91 Å². The van der Waals surface area contributed by atoms with Gasteiger partial charge in [0.1, 0.15) is 0 Å². The predicted octanol–water partition coefficient (Wildman–Crippen LogP) is 3.93. The zero-order valence-electron chi connectivity index (χ0n) is 17.8. The molecule has 2 unspecified atom stereocenters. The molecule has 1 fully saturated rings. The maximum Gasteiger partial charge on any atom is 0.307 e. The number of carboxylic acids is 1. The fourth-order valence-corrected chi connectivity index (χ4v) is 4.35. The number of nitrogens with zero attached hydrogens (tertiary/aromatic N) is 2. The summed E-state index contributed by atoms with van der Waals surface area (Å²) in [6, 6.07) is 16.5. The van der Waals surface area contributed by atoms with E-state index in [1.54, 1.807) is 0 Å². The molecular formula is C25H29N3O3. The Labute approximate surface area is 183 Å². The topological polar surface area (TPSA) is 72.9 Å². The number of allylic oxidation sites excluding steroid dienone is 2. The van der Waals surface area contributed by atoms with Crippen LogP contribution in [0.25, 0.3) is 0 Å². The molecule has 0 radical (unpaired) electrons. The summed E-state index contributed by atoms with van der Waals surface area (Å²) in [4.78, 5) is 28.8. The van der Waals surface area contributed by atoms with E-state index < -0.39 is 17.8 Å². The third kappa shape index (κ3) is 4.90. The first kappa shape index (κ1) is 21.0. The van der Waals surface area contributed by atoms with Crippen LogP contribution in [0.2, 0.25) is 0 Å². The molecule has 0 aromatic heterocycles. The van der Waals surface area contributed by atoms with Crippen LogP contribution in [0.1, 0.15) is 18.4 Å². The SMILES string of the molecule is Cc1ccc(N2CCN(c3ccc(NC(=O)C4CC=CCC4C(=O)O)cc3)CC2)cc1. The molecule has 6 nitrogen and oxygen atoms in total. The molecule has 2 aromatic carbocycles. The van der Waals surface area contributed by atoms with Gasteiger partial charge >= 0.3 is 5.97 Å². The van der Waals surface area contributed by atoms with E-state index in [1.165, 1.54) is 11.3 Å². The van der Waals surface area contributed by atoms with Crippen molar-refractivity contribution < 1.29 is 14.7 Å². The number of amides is 1. The number of hydrogen-bond donors (Lipinski definition) is 2. The summed E-state index contributed by atoms with van der Waals surface area (Å²) in [5.41, 5.74) is 4.37. The molecule has 162 valence electrons. The van der Waals surface area contributed by atoms with Crippen molar-refractivity contribution in [3.63, 3.8) is 0 Å². The molecule has 0 saturated carbocycles. The minimum absolute atomic E-state index is 0.226. The van der Waals surface area contributed by atoms with Gasteiger partial charge in [-0.3, -0.25) is 9.59 Å². The van der Waals surface area contributed by atoms with Crippen LogP contribution >= 0.6 is 0 Å². The highest BCUT2D eigenvalue weighted by atomic mass is 16.4. The Hall–Kier alpha value is -3.28. The second-order valence-electron chi connectivity index (χ2n) is 8.34. The smallest absolute Gasteiger partial charge is 0.307 e. The van der Waals surface area contributed by atoms with E-state index >= 15 is 0 Å². The quantitative estimate of drug-likeness (QED) is 0.719. The van der Waals surface area contributed by atoms with Gasteiger partial charge in [0, 0.05) is 43.2 Å². The maximum absolute atomic E-state index is 12.6. The van der Waals surface area contributed by atoms with E-state index in [9.17, 15) is 14.7 Å². The molecule has 2 aromatic rings. The van der Waals surface area contributed by atoms with Crippen LogP contribution in [0.15, 0.2) is 60.7 Å². The van der Waals surface area contributed by atoms with E-state index in [2.05, 4.69) is 46.3 Å². The Morgan fingerprint density at radius 3 is 1.81 bits per heavy atom. The number of carbonyl (C=O) groups is 2. The van der Waals surface area contributed by atoms with E-state index in [4.69, 9.17) is 0 Å². The molecule has 6 heteroatoms. The van der Waals surface area contributed by atoms with Crippen LogP contribution in [0.3, 0.4) is 0 Å². The number of aliphatic carboxylic acids is 1. The Morgan fingerprint density at radius 2 is 1.29 bits per heavy atom. The lowest BCUT2D eigenvalue weighted by Crippen LogP contribution is -2.46. The van der Waals surface area contributed by atoms with Gasteiger partial charge in [-0.1, -0.05) is 29.8 Å². The molecule has 4 rings (SSSR count). The van der Waals surface area contributed by atoms with Crippen molar-refractivity contribution in [3.8, 4) is 0 Å². The van der Waals surface area contributed by atoms with Gasteiger partial charge in [0.25, 0.3) is 0 Å². The molecule has 1 aliphatic carbocycles. The first-order chi connectivity index (χ1) is 15.0. The van der Waals surface area contributed by atoms with Gasteiger partial charge in [-0.05, 0) is 56.2 Å². The summed E-state index contributed by atoms with van der Waals surface area (Å²) >= 11 is 0. The Kier molecular flexibility index (Phi) is 6.26. The van der Waals surface area contributed by atoms with Crippen molar-refractivity contribution in [2.45, 2.75) is 19.8 Å². The van der Waals surface area contributed by atoms with Crippen LogP contribution in [-0.2, 0) is 9.59 Å². The number of nitrogens with one attached hydrogen (secondary N) is 1. The monoisotopic (exact) mass is 419 g/mol. The van der Waals surface area contributed by atoms with E-state index in [1.807, 2.05) is 36.4 Å². The summed E-state index contributed by atoms with van der Waals surface area (Å²) < 4.78 is 0. The second kappa shape index (κ2) is 9.25. The summed E-state index contributed by atoms with van der Waals surface area (Å²) in [5, 5.41) is 12.3. The molecule has 2 atom stereocenters. The molecule has 0 spiro atoms. The van der Waals surface area contributed by atoms with Gasteiger partial charge in [0.05, 0.1) is 11.8 Å². The van der Waals surface area contributed by atoms with Gasteiger partial charge < -0.3 is 20.2 Å². The third-order valence-electron chi connectivity index (χ3n) is 6.27. The van der Waals surface area contributed by atoms with Crippen molar-refractivity contribution >= 4 is 28.9 Å². The van der Waals surface area contributed by atoms with Crippen LogP contribution < -0.4 is 15.1 Å². The lowest BCUT2D eigenvalue weighted by atomic mass is 9.82. The predicted molar refractivity (Wildman–Crippen MR) is 124 cm³/mol. The molecule has 0 bridgehead atoms. The molecule has 31 heavy (non-hydrogen) atoms. The van der Waals surface area contributed by atoms with E-state index in [0.717, 1.165) is 31.9 Å². The van der Waals surface area contributed by atoms with Crippen LogP contribution in [0.5, 0.6) is 0 Å². The van der Waals surface area contributed by atoms with Crippen molar-refractivity contribution in [1.82, 2.24) is 0 Å². The minimum atomic E-state index is -0.912. The largest absolute Gasteiger partial charge is 0.481 e. The Bertz CT molecular complexity index is 945. The first-order valence-corrected chi connectivity index (χ1v) is 10.9. The molecule has 2 N–H and O–H groups in total. The lowest BCUT2D eigenvalue weighted by molar-refractivity contribution is -0.146. The van der Waals surface area contributed by atoms with Gasteiger partial charge in [0.15, 0.2) is 0 Å². The van der Waals surface area contributed by atoms with Gasteiger partial charge in [-0.15, -0.1) is 0 Å². The number of carbonyl (C=O) groups excluding carboxylic acids is 1. The normalized spacial score (nSPS) is 21.1. The molecule has 1 heterocycles. The molecular weight excluding hydrogens is 390 g/mol. The zero-order valence-corrected chi connectivity index (χ0v) is 17.8. The van der Waals surface area contributed by atoms with E-state index in [0.29, 0.717) is 18.5 Å². The lowest BCUT2D eigenvalue weighted by Gasteiger charge is -2.37. The molecule has 1 saturated heterocycles. The highest BCUT2D eigenvalue weighted by Crippen LogP contribution is 2.28. The third-order valence-corrected chi connectivity index (χ3v) is 6.27. The summed E-state index contributed by atoms with van der Waals surface area (Å²) in [7, 11) is 0. The highest BCUT2D eigenvalue weighted by molar-refractivity contribution is 5.95. The second-order valence-corrected chi connectivity index (χ2v) is 8.34. The molecule has 2 aliphatic rings. The fourth-order valence-electron chi connectivity index (χ4n) is 4.35. The zero-order chi connectivity index (χ0) is 21.8. The van der Waals surface area contributed by atoms with Crippen LogP contribution in [0, 0.1) is 18.8 Å². The van der Waals surface area contributed by atoms with Crippen LogP contribution in [-0.4, -0.2) is 43.2 Å². The van der Waals surface area contributed by atoms with Crippen LogP contribution in [0.4, 0.5) is 17.1 Å². The maximum atomic E-state index is 12.6. The highest BCUT2D eigenvalue weighted by Gasteiger charge is 2.34. The average Bonchev–Trinajstić information content (AvgIpc) is 2.80. The Morgan fingerprint density at radius 1 is 0.806 bits per heavy atom. The molecule has 1 aliphatic heterocycles. The van der Waals surface area contributed by atoms with Gasteiger partial charge in [-0.2, -0.15) is 0 Å². The van der Waals surface area contributed by atoms with Crippen molar-refractivity contribution in [2.24, 2.45) is 11.8 Å². The summed E-state index contributed by atoms with van der Waals surface area (Å²) in [6.45, 7) is 5.91. The van der Waals surface area contributed by atoms with E-state index in [-0.39, 0.29) is 5.91 Å². The number of aryl methyl sites for hydroxylation is 1. The first-order valence-electron chi connectivity index (χ1n) is 10.9. The number of hydrogen-bond acceptors (Lipinski definition) is 4. The molecule has 1 amide bonds. The number of carboxylic acid groups (broad SMARTS) is 1. The standard InChI is InChI=1S/C25H29N3O3/c1-18-6-10-20(11-7-18)27-14-16-28(17-15-27)21-12-8-19(9-13-21)26-24(29)22-4-2-3-5-23(22)25(30)31/h2-3,6-13,22-23H,4-5,14-17H2,1H3,(H,26,29)(H,30,31). The van der Waals surface area contributed by atoms with Crippen molar-refractivity contribution in [3.05, 3.63) is 66.2 Å². The van der Waals surface area contributed by atoms with Crippen molar-refractivity contribution in [2.75, 3.05) is 41.3 Å².